The van der Waals surface area contributed by atoms with E-state index in [2.05, 4.69) is 217 Å². The summed E-state index contributed by atoms with van der Waals surface area (Å²) >= 11 is 0. The third kappa shape index (κ3) is 10.5. The van der Waals surface area contributed by atoms with Crippen LogP contribution in [0.1, 0.15) is 105 Å². The molecule has 60 heavy (non-hydrogen) atoms. The molecule has 0 bridgehead atoms. The fourth-order valence-corrected chi connectivity index (χ4v) is 8.66. The maximum absolute atomic E-state index is 2.39. The van der Waals surface area contributed by atoms with Crippen LogP contribution in [-0.2, 0) is 0 Å². The van der Waals surface area contributed by atoms with Crippen LogP contribution < -0.4 is 0 Å². The molecule has 1 aliphatic rings. The van der Waals surface area contributed by atoms with Crippen molar-refractivity contribution in [3.05, 3.63) is 200 Å². The van der Waals surface area contributed by atoms with Crippen LogP contribution in [0.15, 0.2) is 133 Å². The van der Waals surface area contributed by atoms with Gasteiger partial charge in [-0.25, -0.2) is 0 Å². The van der Waals surface area contributed by atoms with Gasteiger partial charge in [-0.1, -0.05) is 164 Å². The van der Waals surface area contributed by atoms with Crippen molar-refractivity contribution >= 4 is 0 Å². The molecule has 0 saturated heterocycles. The van der Waals surface area contributed by atoms with Crippen molar-refractivity contribution in [2.75, 3.05) is 0 Å². The summed E-state index contributed by atoms with van der Waals surface area (Å²) in [6.07, 6.45) is 5.51. The molecule has 1 fully saturated rings. The second-order valence-electron chi connectivity index (χ2n) is 17.9. The van der Waals surface area contributed by atoms with Crippen molar-refractivity contribution in [1.29, 1.82) is 0 Å². The average Bonchev–Trinajstić information content (AvgIpc) is 3.26. The maximum atomic E-state index is 2.39. The highest BCUT2D eigenvalue weighted by molar-refractivity contribution is 5.74. The van der Waals surface area contributed by atoms with Crippen LogP contribution in [0.4, 0.5) is 0 Å². The third-order valence-electron chi connectivity index (χ3n) is 13.8. The summed E-state index contributed by atoms with van der Waals surface area (Å²) in [4.78, 5) is 0. The quantitative estimate of drug-likeness (QED) is 0.163. The first-order valence-corrected chi connectivity index (χ1v) is 22.3. The SMILES string of the molecule is Cc1ccc(-c2ccc(-c3ccc(C)c(C)c3C)cc2)cc1.Cc1ccc(-c2ccc(C)c(C)c2C)cc1.Cc1ccc(-c2ccc(C3CCC(C)CC3)cc2)c(C)c1C. The molecular weight excluding hydrogens is 721 g/mol. The Bertz CT molecular complexity index is 2500. The van der Waals surface area contributed by atoms with Gasteiger partial charge in [0.05, 0.1) is 0 Å². The van der Waals surface area contributed by atoms with Crippen molar-refractivity contribution < 1.29 is 0 Å². The van der Waals surface area contributed by atoms with Crippen LogP contribution >= 0.6 is 0 Å². The molecule has 0 heteroatoms. The number of rotatable bonds is 5. The molecule has 0 unspecified atom stereocenters. The molecule has 1 aliphatic carbocycles. The van der Waals surface area contributed by atoms with Gasteiger partial charge in [0, 0.05) is 0 Å². The van der Waals surface area contributed by atoms with Gasteiger partial charge < -0.3 is 0 Å². The Labute approximate surface area is 363 Å². The lowest BCUT2D eigenvalue weighted by Crippen LogP contribution is -2.10. The van der Waals surface area contributed by atoms with Gasteiger partial charge in [0.15, 0.2) is 0 Å². The van der Waals surface area contributed by atoms with E-state index in [1.54, 1.807) is 0 Å². The van der Waals surface area contributed by atoms with Crippen molar-refractivity contribution in [1.82, 2.24) is 0 Å². The van der Waals surface area contributed by atoms with E-state index >= 15 is 0 Å². The molecule has 308 valence electrons. The highest BCUT2D eigenvalue weighted by Crippen LogP contribution is 2.37. The summed E-state index contributed by atoms with van der Waals surface area (Å²) in [5.74, 6) is 1.71. The smallest absolute Gasteiger partial charge is 0.0152 e. The van der Waals surface area contributed by atoms with Gasteiger partial charge in [0.2, 0.25) is 0 Å². The Kier molecular flexibility index (Phi) is 14.5. The van der Waals surface area contributed by atoms with Crippen molar-refractivity contribution in [2.24, 2.45) is 5.92 Å². The molecule has 0 aromatic heterocycles. The van der Waals surface area contributed by atoms with Crippen LogP contribution in [0, 0.1) is 82.1 Å². The number of hydrogen-bond donors (Lipinski definition) is 0. The fourth-order valence-electron chi connectivity index (χ4n) is 8.66. The maximum Gasteiger partial charge on any atom is -0.0152 e. The summed E-state index contributed by atoms with van der Waals surface area (Å²) < 4.78 is 0. The molecule has 0 heterocycles. The Hall–Kier alpha value is -5.46. The Morgan fingerprint density at radius 3 is 0.917 bits per heavy atom. The monoisotopic (exact) mass is 789 g/mol. The molecule has 0 spiro atoms. The average molecular weight is 789 g/mol. The molecule has 7 aromatic carbocycles. The van der Waals surface area contributed by atoms with Gasteiger partial charge in [-0.3, -0.25) is 0 Å². The minimum Gasteiger partial charge on any atom is -0.0625 e. The predicted octanol–water partition coefficient (Wildman–Crippen LogP) is 17.4. The molecule has 1 saturated carbocycles. The first-order chi connectivity index (χ1) is 28.7. The van der Waals surface area contributed by atoms with Gasteiger partial charge in [0.25, 0.3) is 0 Å². The lowest BCUT2D eigenvalue weighted by atomic mass is 9.79. The molecule has 0 nitrogen and oxygen atoms in total. The lowest BCUT2D eigenvalue weighted by molar-refractivity contribution is 0.348. The highest BCUT2D eigenvalue weighted by atomic mass is 14.2. The van der Waals surface area contributed by atoms with Gasteiger partial charge >= 0.3 is 0 Å². The van der Waals surface area contributed by atoms with Gasteiger partial charge in [-0.15, -0.1) is 0 Å². The number of hydrogen-bond acceptors (Lipinski definition) is 0. The largest absolute Gasteiger partial charge is 0.0625 e. The topological polar surface area (TPSA) is 0 Å². The fraction of sp³-hybridized carbons (Fsp3) is 0.300. The second kappa shape index (κ2) is 19.7. The van der Waals surface area contributed by atoms with Crippen LogP contribution in [0.3, 0.4) is 0 Å². The molecule has 0 aliphatic heterocycles. The van der Waals surface area contributed by atoms with Crippen LogP contribution in [0.25, 0.3) is 44.5 Å². The van der Waals surface area contributed by atoms with Gasteiger partial charge in [0.1, 0.15) is 0 Å². The van der Waals surface area contributed by atoms with Crippen LogP contribution in [-0.4, -0.2) is 0 Å². The predicted molar refractivity (Wildman–Crippen MR) is 264 cm³/mol. The van der Waals surface area contributed by atoms with Crippen LogP contribution in [0.5, 0.6) is 0 Å². The molecule has 8 rings (SSSR count). The van der Waals surface area contributed by atoms with E-state index < -0.39 is 0 Å². The van der Waals surface area contributed by atoms with E-state index in [4.69, 9.17) is 0 Å². The van der Waals surface area contributed by atoms with E-state index in [-0.39, 0.29) is 0 Å². The molecule has 0 radical (unpaired) electrons. The molecule has 0 atom stereocenters. The minimum absolute atomic E-state index is 0.783. The van der Waals surface area contributed by atoms with E-state index in [0.717, 1.165) is 11.8 Å². The Morgan fingerprint density at radius 1 is 0.283 bits per heavy atom. The van der Waals surface area contributed by atoms with Crippen molar-refractivity contribution in [3.8, 4) is 44.5 Å². The van der Waals surface area contributed by atoms with Crippen molar-refractivity contribution in [2.45, 2.75) is 115 Å². The standard InChI is InChI=1S/C22H28.C22H22.C16H18/c2*1-15-5-8-19(9-6-15)20-10-12-21(13-11-20)22-14-7-16(2)17(3)18(22)4;1-11-5-8-15(9-6-11)16-10-7-12(2)13(3)14(16)4/h7,10-15,19H,5-6,8-9H2,1-4H3;5-14H,1-4H3;5-10H,1-4H3. The van der Waals surface area contributed by atoms with E-state index in [9.17, 15) is 0 Å². The zero-order valence-electron chi connectivity index (χ0n) is 38.7. The Balaban J connectivity index is 0.000000153. The molecule has 0 amide bonds. The Morgan fingerprint density at radius 2 is 0.567 bits per heavy atom. The summed E-state index contributed by atoms with van der Waals surface area (Å²) in [5.41, 5.74) is 27.2. The van der Waals surface area contributed by atoms with E-state index in [0.29, 0.717) is 0 Å². The second-order valence-corrected chi connectivity index (χ2v) is 17.9. The zero-order chi connectivity index (χ0) is 43.1. The zero-order valence-corrected chi connectivity index (χ0v) is 38.7. The van der Waals surface area contributed by atoms with E-state index in [1.807, 2.05) is 0 Å². The molecule has 0 N–H and O–H groups in total. The van der Waals surface area contributed by atoms with Gasteiger partial charge in [-0.2, -0.15) is 0 Å². The van der Waals surface area contributed by atoms with E-state index in [1.165, 1.54) is 137 Å². The number of aryl methyl sites for hydroxylation is 5. The summed E-state index contributed by atoms with van der Waals surface area (Å²) in [6, 6.07) is 49.1. The minimum atomic E-state index is 0.783. The van der Waals surface area contributed by atoms with Gasteiger partial charge in [-0.05, 0) is 201 Å². The first-order valence-electron chi connectivity index (χ1n) is 22.3. The molecule has 7 aromatic rings. The molecular formula is C60H68. The van der Waals surface area contributed by atoms with Crippen LogP contribution in [0.2, 0.25) is 0 Å². The third-order valence-corrected chi connectivity index (χ3v) is 13.8. The summed E-state index contributed by atoms with van der Waals surface area (Å²) in [5, 5.41) is 0. The van der Waals surface area contributed by atoms with Crippen molar-refractivity contribution in [3.63, 3.8) is 0 Å². The normalized spacial score (nSPS) is 14.7. The first kappa shape index (κ1) is 44.1. The highest BCUT2D eigenvalue weighted by Gasteiger charge is 2.20. The summed E-state index contributed by atoms with van der Waals surface area (Å²) in [7, 11) is 0. The lowest BCUT2D eigenvalue weighted by Gasteiger charge is -2.26. The summed E-state index contributed by atoms with van der Waals surface area (Å²) in [6.45, 7) is 26.5. The number of benzene rings is 7.